The van der Waals surface area contributed by atoms with Gasteiger partial charge in [-0.15, -0.1) is 0 Å². The molecule has 3 aromatic carbocycles. The van der Waals surface area contributed by atoms with Gasteiger partial charge in [-0.1, -0.05) is 54.4 Å². The molecule has 3 rings (SSSR count). The minimum absolute atomic E-state index is 0.260. The number of aryl methyl sites for hydroxylation is 2. The monoisotopic (exact) mass is 356 g/mol. The largest absolute Gasteiger partial charge is 0.207 e. The lowest BCUT2D eigenvalue weighted by atomic mass is 10.1. The number of benzene rings is 3. The quantitative estimate of drug-likeness (QED) is 0.495. The Morgan fingerprint density at radius 2 is 1.22 bits per heavy atom. The van der Waals surface area contributed by atoms with Crippen LogP contribution in [0.15, 0.2) is 60.7 Å². The first-order valence-electron chi connectivity index (χ1n) is 8.74. The van der Waals surface area contributed by atoms with Gasteiger partial charge >= 0.3 is 0 Å². The second kappa shape index (κ2) is 8.35. The SMILES string of the molecule is CCc1ccc(C#Cc2ccc(C#Cc3ccc(C)cc3)cc2F)cc1F. The lowest BCUT2D eigenvalue weighted by molar-refractivity contribution is 0.612. The molecule has 0 bridgehead atoms. The van der Waals surface area contributed by atoms with Crippen LogP contribution in [0, 0.1) is 42.2 Å². The highest BCUT2D eigenvalue weighted by Crippen LogP contribution is 2.12. The molecule has 0 unspecified atom stereocenters. The molecule has 0 saturated carbocycles. The molecule has 0 aromatic heterocycles. The Bertz CT molecular complexity index is 1090. The summed E-state index contributed by atoms with van der Waals surface area (Å²) >= 11 is 0. The van der Waals surface area contributed by atoms with E-state index in [0.29, 0.717) is 23.1 Å². The maximum Gasteiger partial charge on any atom is 0.140 e. The zero-order valence-corrected chi connectivity index (χ0v) is 15.2. The second-order valence-corrected chi connectivity index (χ2v) is 6.22. The number of halogens is 2. The van der Waals surface area contributed by atoms with Gasteiger partial charge < -0.3 is 0 Å². The van der Waals surface area contributed by atoms with Crippen molar-refractivity contribution in [2.75, 3.05) is 0 Å². The molecule has 132 valence electrons. The van der Waals surface area contributed by atoms with Crippen LogP contribution < -0.4 is 0 Å². The molecule has 0 saturated heterocycles. The standard InChI is InChI=1S/C25H18F2/c1-3-22-13-10-21(16-24(22)26)12-15-23-14-11-20(17-25(23)27)9-8-19-6-4-18(2)5-7-19/h4-7,10-11,13-14,16-17H,3H2,1-2H3. The third-order valence-corrected chi connectivity index (χ3v) is 4.15. The number of hydrogen-bond acceptors (Lipinski definition) is 0. The molecule has 0 N–H and O–H groups in total. The fraction of sp³-hybridized carbons (Fsp3) is 0.120. The van der Waals surface area contributed by atoms with Gasteiger partial charge in [0.2, 0.25) is 0 Å². The van der Waals surface area contributed by atoms with Crippen molar-refractivity contribution in [1.82, 2.24) is 0 Å². The van der Waals surface area contributed by atoms with Crippen molar-refractivity contribution in [3.63, 3.8) is 0 Å². The van der Waals surface area contributed by atoms with Gasteiger partial charge in [0.1, 0.15) is 11.6 Å². The Labute approximate surface area is 158 Å². The highest BCUT2D eigenvalue weighted by molar-refractivity contribution is 5.49. The summed E-state index contributed by atoms with van der Waals surface area (Å²) in [6, 6.07) is 17.4. The maximum absolute atomic E-state index is 14.3. The minimum atomic E-state index is -0.441. The molecule has 0 amide bonds. The molecule has 0 spiro atoms. The summed E-state index contributed by atoms with van der Waals surface area (Å²) in [7, 11) is 0. The van der Waals surface area contributed by atoms with Crippen LogP contribution in [0.1, 0.15) is 40.3 Å². The van der Waals surface area contributed by atoms with Crippen LogP contribution in [0.5, 0.6) is 0 Å². The topological polar surface area (TPSA) is 0 Å². The predicted molar refractivity (Wildman–Crippen MR) is 105 cm³/mol. The van der Waals surface area contributed by atoms with E-state index in [1.54, 1.807) is 24.3 Å². The van der Waals surface area contributed by atoms with Crippen molar-refractivity contribution in [2.24, 2.45) is 0 Å². The summed E-state index contributed by atoms with van der Waals surface area (Å²) in [5, 5.41) is 0. The van der Waals surface area contributed by atoms with E-state index in [1.807, 2.05) is 38.1 Å². The molecule has 3 aromatic rings. The average molecular weight is 356 g/mol. The van der Waals surface area contributed by atoms with Crippen LogP contribution in [0.4, 0.5) is 8.78 Å². The fourth-order valence-corrected chi connectivity index (χ4v) is 2.53. The highest BCUT2D eigenvalue weighted by atomic mass is 19.1. The normalized spacial score (nSPS) is 9.78. The number of hydrogen-bond donors (Lipinski definition) is 0. The van der Waals surface area contributed by atoms with Crippen molar-refractivity contribution in [2.45, 2.75) is 20.3 Å². The molecule has 0 aliphatic rings. The van der Waals surface area contributed by atoms with Gasteiger partial charge in [-0.25, -0.2) is 8.78 Å². The van der Waals surface area contributed by atoms with Crippen molar-refractivity contribution < 1.29 is 8.78 Å². The molecule has 2 heteroatoms. The van der Waals surface area contributed by atoms with Crippen molar-refractivity contribution in [3.05, 3.63) is 106 Å². The van der Waals surface area contributed by atoms with Crippen molar-refractivity contribution in [3.8, 4) is 23.7 Å². The summed E-state index contributed by atoms with van der Waals surface area (Å²) < 4.78 is 28.1. The van der Waals surface area contributed by atoms with E-state index in [0.717, 1.165) is 5.56 Å². The summed E-state index contributed by atoms with van der Waals surface area (Å²) in [5.41, 5.74) is 4.05. The van der Waals surface area contributed by atoms with Gasteiger partial charge in [0.15, 0.2) is 0 Å². The Kier molecular flexibility index (Phi) is 5.70. The van der Waals surface area contributed by atoms with Gasteiger partial charge in [-0.2, -0.15) is 0 Å². The van der Waals surface area contributed by atoms with Gasteiger partial charge in [-0.05, 0) is 61.4 Å². The van der Waals surface area contributed by atoms with E-state index in [4.69, 9.17) is 0 Å². The fourth-order valence-electron chi connectivity index (χ4n) is 2.53. The Hall–Kier alpha value is -3.36. The molecular formula is C25H18F2. The first-order chi connectivity index (χ1) is 13.0. The van der Waals surface area contributed by atoms with Crippen molar-refractivity contribution >= 4 is 0 Å². The van der Waals surface area contributed by atoms with Crippen LogP contribution in [-0.2, 0) is 6.42 Å². The van der Waals surface area contributed by atoms with E-state index in [1.165, 1.54) is 17.7 Å². The lowest BCUT2D eigenvalue weighted by Gasteiger charge is -1.99. The van der Waals surface area contributed by atoms with E-state index in [9.17, 15) is 8.78 Å². The Morgan fingerprint density at radius 1 is 0.667 bits per heavy atom. The van der Waals surface area contributed by atoms with Gasteiger partial charge in [-0.3, -0.25) is 0 Å². The lowest BCUT2D eigenvalue weighted by Crippen LogP contribution is -1.89. The Balaban J connectivity index is 1.80. The molecule has 0 nitrogen and oxygen atoms in total. The third kappa shape index (κ3) is 4.84. The maximum atomic E-state index is 14.3. The number of rotatable bonds is 1. The van der Waals surface area contributed by atoms with E-state index in [-0.39, 0.29) is 11.4 Å². The second-order valence-electron chi connectivity index (χ2n) is 6.22. The van der Waals surface area contributed by atoms with E-state index < -0.39 is 5.82 Å². The predicted octanol–water partition coefficient (Wildman–Crippen LogP) is 5.64. The summed E-state index contributed by atoms with van der Waals surface area (Å²) in [6.45, 7) is 3.90. The molecule has 0 fully saturated rings. The highest BCUT2D eigenvalue weighted by Gasteiger charge is 2.02. The molecule has 0 heterocycles. The average Bonchev–Trinajstić information content (AvgIpc) is 2.67. The van der Waals surface area contributed by atoms with Gasteiger partial charge in [0, 0.05) is 16.7 Å². The van der Waals surface area contributed by atoms with Crippen LogP contribution in [-0.4, -0.2) is 0 Å². The minimum Gasteiger partial charge on any atom is -0.207 e. The van der Waals surface area contributed by atoms with Crippen LogP contribution in [0.2, 0.25) is 0 Å². The molecular weight excluding hydrogens is 338 g/mol. The zero-order chi connectivity index (χ0) is 19.2. The molecule has 27 heavy (non-hydrogen) atoms. The van der Waals surface area contributed by atoms with Gasteiger partial charge in [0.25, 0.3) is 0 Å². The van der Waals surface area contributed by atoms with Crippen molar-refractivity contribution in [1.29, 1.82) is 0 Å². The summed E-state index contributed by atoms with van der Waals surface area (Å²) in [5.74, 6) is 10.8. The van der Waals surface area contributed by atoms with Crippen LogP contribution >= 0.6 is 0 Å². The summed E-state index contributed by atoms with van der Waals surface area (Å²) in [4.78, 5) is 0. The van der Waals surface area contributed by atoms with Crippen LogP contribution in [0.25, 0.3) is 0 Å². The molecule has 0 aliphatic heterocycles. The third-order valence-electron chi connectivity index (χ3n) is 4.15. The van der Waals surface area contributed by atoms with E-state index >= 15 is 0 Å². The zero-order valence-electron chi connectivity index (χ0n) is 15.2. The molecule has 0 radical (unpaired) electrons. The van der Waals surface area contributed by atoms with E-state index in [2.05, 4.69) is 23.7 Å². The molecule has 0 atom stereocenters. The summed E-state index contributed by atoms with van der Waals surface area (Å²) in [6.07, 6.45) is 0.624. The first-order valence-corrected chi connectivity index (χ1v) is 8.74. The first kappa shape index (κ1) is 18.4. The van der Waals surface area contributed by atoms with Crippen LogP contribution in [0.3, 0.4) is 0 Å². The Morgan fingerprint density at radius 3 is 1.85 bits per heavy atom. The molecule has 0 aliphatic carbocycles. The smallest absolute Gasteiger partial charge is 0.140 e. The van der Waals surface area contributed by atoms with Gasteiger partial charge in [0.05, 0.1) is 5.56 Å².